The number of nitrogens with one attached hydrogen (secondary N) is 1. The molecule has 90 valence electrons. The molecule has 16 heavy (non-hydrogen) atoms. The molecule has 1 unspecified atom stereocenters. The van der Waals surface area contributed by atoms with Crippen LogP contribution >= 0.6 is 0 Å². The number of hydrogen-bond donors (Lipinski definition) is 2. The molecule has 0 radical (unpaired) electrons. The number of anilines is 1. The van der Waals surface area contributed by atoms with E-state index in [9.17, 15) is 4.39 Å². The Morgan fingerprint density at radius 2 is 2.19 bits per heavy atom. The molecule has 0 amide bonds. The fourth-order valence-electron chi connectivity index (χ4n) is 1.60. The molecule has 3 heteroatoms. The van der Waals surface area contributed by atoms with Crippen molar-refractivity contribution >= 4 is 5.69 Å². The second-order valence-electron chi connectivity index (χ2n) is 4.28. The smallest absolute Gasteiger partial charge is 0.129 e. The normalized spacial score (nSPS) is 12.7. The minimum absolute atomic E-state index is 0.227. The van der Waals surface area contributed by atoms with E-state index in [0.717, 1.165) is 6.42 Å². The van der Waals surface area contributed by atoms with Gasteiger partial charge >= 0.3 is 0 Å². The number of nitrogen functional groups attached to an aromatic ring is 1. The molecule has 0 aromatic heterocycles. The van der Waals surface area contributed by atoms with Crippen LogP contribution in [0, 0.1) is 5.82 Å². The molecule has 2 nitrogen and oxygen atoms in total. The molecule has 0 bridgehead atoms. The maximum absolute atomic E-state index is 13.4. The van der Waals surface area contributed by atoms with Gasteiger partial charge in [-0.25, -0.2) is 4.39 Å². The summed E-state index contributed by atoms with van der Waals surface area (Å²) in [6, 6.07) is 5.27. The van der Waals surface area contributed by atoms with Crippen molar-refractivity contribution in [3.05, 3.63) is 29.6 Å². The fraction of sp³-hybridized carbons (Fsp3) is 0.538. The van der Waals surface area contributed by atoms with Crippen LogP contribution in [0.1, 0.15) is 38.7 Å². The summed E-state index contributed by atoms with van der Waals surface area (Å²) in [7, 11) is 0. The monoisotopic (exact) mass is 224 g/mol. The highest BCUT2D eigenvalue weighted by Gasteiger charge is 2.05. The van der Waals surface area contributed by atoms with Crippen LogP contribution in [0.3, 0.4) is 0 Å². The molecule has 1 atom stereocenters. The zero-order valence-corrected chi connectivity index (χ0v) is 10.1. The maximum Gasteiger partial charge on any atom is 0.129 e. The van der Waals surface area contributed by atoms with Gasteiger partial charge in [-0.1, -0.05) is 25.8 Å². The molecule has 1 rings (SSSR count). The van der Waals surface area contributed by atoms with Gasteiger partial charge in [0.15, 0.2) is 0 Å². The summed E-state index contributed by atoms with van der Waals surface area (Å²) in [6.07, 6.45) is 3.54. The highest BCUT2D eigenvalue weighted by molar-refractivity contribution is 5.40. The van der Waals surface area contributed by atoms with Gasteiger partial charge in [0.1, 0.15) is 5.82 Å². The first-order valence-electron chi connectivity index (χ1n) is 5.90. The minimum Gasteiger partial charge on any atom is -0.399 e. The highest BCUT2D eigenvalue weighted by Crippen LogP contribution is 2.12. The quantitative estimate of drug-likeness (QED) is 0.729. The molecule has 0 fully saturated rings. The predicted molar refractivity (Wildman–Crippen MR) is 66.6 cm³/mol. The van der Waals surface area contributed by atoms with Crippen molar-refractivity contribution in [3.8, 4) is 0 Å². The number of unbranched alkanes of at least 4 members (excludes halogenated alkanes) is 1. The summed E-state index contributed by atoms with van der Waals surface area (Å²) < 4.78 is 13.4. The Bertz CT molecular complexity index is 326. The molecule has 0 spiro atoms. The van der Waals surface area contributed by atoms with Crippen LogP contribution in [0.2, 0.25) is 0 Å². The maximum atomic E-state index is 13.4. The number of hydrogen-bond acceptors (Lipinski definition) is 2. The van der Waals surface area contributed by atoms with E-state index < -0.39 is 0 Å². The van der Waals surface area contributed by atoms with Gasteiger partial charge in [-0.3, -0.25) is 0 Å². The van der Waals surface area contributed by atoms with Crippen molar-refractivity contribution in [3.63, 3.8) is 0 Å². The Labute approximate surface area is 97.0 Å². The van der Waals surface area contributed by atoms with Gasteiger partial charge in [0.25, 0.3) is 0 Å². The van der Waals surface area contributed by atoms with Crippen LogP contribution in [0.5, 0.6) is 0 Å². The largest absolute Gasteiger partial charge is 0.399 e. The van der Waals surface area contributed by atoms with Gasteiger partial charge in [-0.2, -0.15) is 0 Å². The summed E-state index contributed by atoms with van der Waals surface area (Å²) in [5, 5.41) is 3.31. The molecule has 1 aromatic carbocycles. The summed E-state index contributed by atoms with van der Waals surface area (Å²) in [5.41, 5.74) is 6.64. The molecule has 0 aliphatic heterocycles. The van der Waals surface area contributed by atoms with Crippen LogP contribution in [-0.2, 0) is 6.54 Å². The van der Waals surface area contributed by atoms with Gasteiger partial charge in [0, 0.05) is 23.8 Å². The Balaban J connectivity index is 2.42. The summed E-state index contributed by atoms with van der Waals surface area (Å²) in [6.45, 7) is 4.87. The molecular formula is C13H21FN2. The first-order valence-corrected chi connectivity index (χ1v) is 5.90. The standard InChI is InChI=1S/C13H21FN2/c1-3-4-5-10(2)16-9-11-6-7-12(15)8-13(11)14/h6-8,10,16H,3-5,9,15H2,1-2H3. The topological polar surface area (TPSA) is 38.0 Å². The summed E-state index contributed by atoms with van der Waals surface area (Å²) in [5.74, 6) is -0.227. The average molecular weight is 224 g/mol. The third kappa shape index (κ3) is 4.19. The second kappa shape index (κ2) is 6.48. The molecular weight excluding hydrogens is 203 g/mol. The zero-order valence-electron chi connectivity index (χ0n) is 10.1. The molecule has 0 heterocycles. The summed E-state index contributed by atoms with van der Waals surface area (Å²) in [4.78, 5) is 0. The van der Waals surface area contributed by atoms with Crippen molar-refractivity contribution in [2.24, 2.45) is 0 Å². The molecule has 0 aliphatic carbocycles. The Hall–Kier alpha value is -1.09. The fourth-order valence-corrected chi connectivity index (χ4v) is 1.60. The van der Waals surface area contributed by atoms with Gasteiger partial charge in [0.2, 0.25) is 0 Å². The molecule has 0 saturated heterocycles. The molecule has 1 aromatic rings. The van der Waals surface area contributed by atoms with E-state index in [1.165, 1.54) is 18.9 Å². The lowest BCUT2D eigenvalue weighted by Crippen LogP contribution is -2.25. The lowest BCUT2D eigenvalue weighted by molar-refractivity contribution is 0.485. The van der Waals surface area contributed by atoms with Crippen molar-refractivity contribution in [1.82, 2.24) is 5.32 Å². The van der Waals surface area contributed by atoms with E-state index in [1.807, 2.05) is 0 Å². The zero-order chi connectivity index (χ0) is 12.0. The van der Waals surface area contributed by atoms with Gasteiger partial charge in [-0.05, 0) is 25.5 Å². The van der Waals surface area contributed by atoms with Crippen LogP contribution in [0.15, 0.2) is 18.2 Å². The van der Waals surface area contributed by atoms with E-state index in [4.69, 9.17) is 5.73 Å². The van der Waals surface area contributed by atoms with Crippen molar-refractivity contribution in [2.45, 2.75) is 45.7 Å². The lowest BCUT2D eigenvalue weighted by Gasteiger charge is -2.13. The van der Waals surface area contributed by atoms with Crippen LogP contribution < -0.4 is 11.1 Å². The molecule has 3 N–H and O–H groups in total. The van der Waals surface area contributed by atoms with Crippen molar-refractivity contribution < 1.29 is 4.39 Å². The number of halogens is 1. The Morgan fingerprint density at radius 3 is 2.81 bits per heavy atom. The average Bonchev–Trinajstić information content (AvgIpc) is 2.25. The Kier molecular flexibility index (Phi) is 5.26. The summed E-state index contributed by atoms with van der Waals surface area (Å²) >= 11 is 0. The number of nitrogens with two attached hydrogens (primary N) is 1. The van der Waals surface area contributed by atoms with Crippen LogP contribution in [0.25, 0.3) is 0 Å². The molecule has 0 aliphatic rings. The van der Waals surface area contributed by atoms with Gasteiger partial charge in [0.05, 0.1) is 0 Å². The van der Waals surface area contributed by atoms with Crippen molar-refractivity contribution in [1.29, 1.82) is 0 Å². The van der Waals surface area contributed by atoms with Crippen molar-refractivity contribution in [2.75, 3.05) is 5.73 Å². The van der Waals surface area contributed by atoms with Gasteiger partial charge < -0.3 is 11.1 Å². The second-order valence-corrected chi connectivity index (χ2v) is 4.28. The highest BCUT2D eigenvalue weighted by atomic mass is 19.1. The lowest BCUT2D eigenvalue weighted by atomic mass is 10.1. The minimum atomic E-state index is -0.227. The first-order chi connectivity index (χ1) is 7.63. The number of benzene rings is 1. The number of rotatable bonds is 6. The van der Waals surface area contributed by atoms with E-state index in [1.54, 1.807) is 12.1 Å². The van der Waals surface area contributed by atoms with Gasteiger partial charge in [-0.15, -0.1) is 0 Å². The third-order valence-electron chi connectivity index (χ3n) is 2.71. The predicted octanol–water partition coefficient (Wildman–Crippen LogP) is 3.08. The van der Waals surface area contributed by atoms with E-state index in [2.05, 4.69) is 19.2 Å². The first kappa shape index (κ1) is 13.0. The third-order valence-corrected chi connectivity index (χ3v) is 2.71. The Morgan fingerprint density at radius 1 is 1.44 bits per heavy atom. The van der Waals surface area contributed by atoms with Crippen LogP contribution in [-0.4, -0.2) is 6.04 Å². The van der Waals surface area contributed by atoms with E-state index >= 15 is 0 Å². The van der Waals surface area contributed by atoms with Crippen LogP contribution in [0.4, 0.5) is 10.1 Å². The SMILES string of the molecule is CCCCC(C)NCc1ccc(N)cc1F. The van der Waals surface area contributed by atoms with E-state index in [0.29, 0.717) is 23.8 Å². The molecule has 0 saturated carbocycles. The van der Waals surface area contributed by atoms with E-state index in [-0.39, 0.29) is 5.82 Å².